The maximum Gasteiger partial charge on any atom is 0.341 e. The van der Waals surface area contributed by atoms with Crippen LogP contribution in [0.1, 0.15) is 24.2 Å². The molecule has 186 valence electrons. The molecular formula is C26H26N4O6. The molecule has 4 aromatic rings. The number of carbonyl (C=O) groups excluding carboxylic acids is 2. The zero-order valence-corrected chi connectivity index (χ0v) is 20.2. The van der Waals surface area contributed by atoms with Crippen molar-refractivity contribution in [3.05, 3.63) is 82.2 Å². The van der Waals surface area contributed by atoms with E-state index in [1.165, 1.54) is 22.1 Å². The summed E-state index contributed by atoms with van der Waals surface area (Å²) in [6, 6.07) is 15.4. The summed E-state index contributed by atoms with van der Waals surface area (Å²) in [5, 5.41) is 0.179. The summed E-state index contributed by atoms with van der Waals surface area (Å²) in [5.74, 6) is -0.829. The maximum absolute atomic E-state index is 13.3. The minimum Gasteiger partial charge on any atom is -0.481 e. The molecule has 0 fully saturated rings. The number of benzene rings is 1. The van der Waals surface area contributed by atoms with E-state index in [0.29, 0.717) is 11.4 Å². The quantitative estimate of drug-likeness (QED) is 0.275. The first kappa shape index (κ1) is 24.8. The van der Waals surface area contributed by atoms with Crippen LogP contribution in [-0.4, -0.2) is 52.3 Å². The fourth-order valence-electron chi connectivity index (χ4n) is 3.70. The van der Waals surface area contributed by atoms with Crippen LogP contribution in [0.5, 0.6) is 5.75 Å². The Kier molecular flexibility index (Phi) is 7.55. The number of carbonyl (C=O) groups is 2. The number of rotatable bonds is 8. The van der Waals surface area contributed by atoms with Gasteiger partial charge in [-0.1, -0.05) is 24.3 Å². The molecule has 0 saturated heterocycles. The van der Waals surface area contributed by atoms with E-state index in [2.05, 4.69) is 9.98 Å². The van der Waals surface area contributed by atoms with Crippen molar-refractivity contribution in [1.29, 1.82) is 0 Å². The van der Waals surface area contributed by atoms with E-state index in [4.69, 9.17) is 14.2 Å². The van der Waals surface area contributed by atoms with Crippen LogP contribution in [0.4, 0.5) is 0 Å². The van der Waals surface area contributed by atoms with Gasteiger partial charge in [-0.3, -0.25) is 14.0 Å². The van der Waals surface area contributed by atoms with Gasteiger partial charge in [-0.2, -0.15) is 4.99 Å². The number of hydrogen-bond acceptors (Lipinski definition) is 7. The van der Waals surface area contributed by atoms with E-state index in [-0.39, 0.29) is 47.4 Å². The van der Waals surface area contributed by atoms with Crippen LogP contribution >= 0.6 is 0 Å². The van der Waals surface area contributed by atoms with Gasteiger partial charge in [0.05, 0.1) is 18.6 Å². The molecule has 1 amide bonds. The van der Waals surface area contributed by atoms with Crippen LogP contribution < -0.4 is 15.8 Å². The number of pyridine rings is 2. The molecule has 0 aliphatic carbocycles. The van der Waals surface area contributed by atoms with Gasteiger partial charge in [0.2, 0.25) is 0 Å². The molecule has 0 unspecified atom stereocenters. The summed E-state index contributed by atoms with van der Waals surface area (Å²) in [6.45, 7) is 3.73. The number of ether oxygens (including phenoxy) is 3. The van der Waals surface area contributed by atoms with Gasteiger partial charge < -0.3 is 18.8 Å². The molecule has 0 N–H and O–H groups in total. The van der Waals surface area contributed by atoms with Crippen LogP contribution in [0, 0.1) is 0 Å². The average molecular weight is 491 g/mol. The Hall–Kier alpha value is -4.31. The molecule has 0 saturated carbocycles. The summed E-state index contributed by atoms with van der Waals surface area (Å²) < 4.78 is 19.1. The largest absolute Gasteiger partial charge is 0.481 e. The molecule has 3 heterocycles. The first-order valence-corrected chi connectivity index (χ1v) is 11.5. The Balaban J connectivity index is 1.97. The molecule has 1 aromatic carbocycles. The second kappa shape index (κ2) is 11.0. The Labute approximate surface area is 206 Å². The molecule has 0 spiro atoms. The average Bonchev–Trinajstić information content (AvgIpc) is 2.88. The van der Waals surface area contributed by atoms with Gasteiger partial charge in [0.25, 0.3) is 11.5 Å². The molecule has 0 aliphatic heterocycles. The maximum atomic E-state index is 13.3. The molecule has 4 rings (SSSR count). The van der Waals surface area contributed by atoms with Gasteiger partial charge >= 0.3 is 5.97 Å². The number of esters is 1. The minimum absolute atomic E-state index is 0.0127. The fraction of sp³-hybridized carbons (Fsp3) is 0.269. The van der Waals surface area contributed by atoms with Gasteiger partial charge in [0.1, 0.15) is 22.6 Å². The van der Waals surface area contributed by atoms with E-state index in [1.54, 1.807) is 62.5 Å². The van der Waals surface area contributed by atoms with Crippen molar-refractivity contribution >= 4 is 28.6 Å². The molecule has 10 nitrogen and oxygen atoms in total. The number of aromatic nitrogens is 3. The molecule has 1 atom stereocenters. The Bertz CT molecular complexity index is 1540. The summed E-state index contributed by atoms with van der Waals surface area (Å²) in [7, 11) is 1.52. The van der Waals surface area contributed by atoms with Crippen LogP contribution in [-0.2, 0) is 20.8 Å². The van der Waals surface area contributed by atoms with Crippen molar-refractivity contribution in [3.8, 4) is 5.75 Å². The highest BCUT2D eigenvalue weighted by atomic mass is 16.5. The number of para-hydroxylation sites is 1. The predicted octanol–water partition coefficient (Wildman–Crippen LogP) is 2.37. The summed E-state index contributed by atoms with van der Waals surface area (Å²) >= 11 is 0. The smallest absolute Gasteiger partial charge is 0.341 e. The number of fused-ring (bicyclic) bond motifs is 2. The van der Waals surface area contributed by atoms with Gasteiger partial charge in [0.15, 0.2) is 11.6 Å². The third-order valence-corrected chi connectivity index (χ3v) is 5.42. The lowest BCUT2D eigenvalue weighted by Crippen LogP contribution is -2.35. The van der Waals surface area contributed by atoms with E-state index in [9.17, 15) is 14.4 Å². The number of nitrogens with zero attached hydrogens (tertiary/aromatic N) is 4. The van der Waals surface area contributed by atoms with Crippen LogP contribution in [0.25, 0.3) is 16.7 Å². The number of amides is 1. The highest BCUT2D eigenvalue weighted by Crippen LogP contribution is 2.13. The SMILES string of the molecule is CCOC(=O)c1cc2c(=O)n3ccccc3nc2n(CCOC)c1=NC(=O)[C@@H](C)Oc1ccccc1. The lowest BCUT2D eigenvalue weighted by Gasteiger charge is -2.16. The topological polar surface area (TPSA) is 113 Å². The first-order valence-electron chi connectivity index (χ1n) is 11.5. The lowest BCUT2D eigenvalue weighted by atomic mass is 10.2. The van der Waals surface area contributed by atoms with Gasteiger partial charge in [-0.25, -0.2) is 9.78 Å². The van der Waals surface area contributed by atoms with Crippen LogP contribution in [0.15, 0.2) is 70.6 Å². The summed E-state index contributed by atoms with van der Waals surface area (Å²) in [6.07, 6.45) is 0.655. The van der Waals surface area contributed by atoms with E-state index < -0.39 is 18.0 Å². The van der Waals surface area contributed by atoms with E-state index in [0.717, 1.165) is 0 Å². The van der Waals surface area contributed by atoms with Crippen molar-refractivity contribution in [1.82, 2.24) is 14.0 Å². The van der Waals surface area contributed by atoms with Crippen LogP contribution in [0.3, 0.4) is 0 Å². The van der Waals surface area contributed by atoms with E-state index in [1.807, 2.05) is 6.07 Å². The third kappa shape index (κ3) is 5.03. The third-order valence-electron chi connectivity index (χ3n) is 5.42. The lowest BCUT2D eigenvalue weighted by molar-refractivity contribution is -0.124. The molecular weight excluding hydrogens is 464 g/mol. The summed E-state index contributed by atoms with van der Waals surface area (Å²) in [5.41, 5.74) is 0.280. The molecule has 10 heteroatoms. The Morgan fingerprint density at radius 2 is 1.86 bits per heavy atom. The summed E-state index contributed by atoms with van der Waals surface area (Å²) in [4.78, 5) is 48.3. The monoisotopic (exact) mass is 490 g/mol. The number of hydrogen-bond donors (Lipinski definition) is 0. The van der Waals surface area contributed by atoms with E-state index >= 15 is 0 Å². The van der Waals surface area contributed by atoms with Crippen molar-refractivity contribution in [2.75, 3.05) is 20.3 Å². The van der Waals surface area contributed by atoms with Gasteiger partial charge in [-0.05, 0) is 44.2 Å². The van der Waals surface area contributed by atoms with Crippen molar-refractivity contribution in [2.24, 2.45) is 4.99 Å². The predicted molar refractivity (Wildman–Crippen MR) is 132 cm³/mol. The molecule has 0 aliphatic rings. The van der Waals surface area contributed by atoms with Crippen molar-refractivity contribution in [2.45, 2.75) is 26.5 Å². The molecule has 0 bridgehead atoms. The zero-order chi connectivity index (χ0) is 25.7. The van der Waals surface area contributed by atoms with Crippen molar-refractivity contribution in [3.63, 3.8) is 0 Å². The Morgan fingerprint density at radius 1 is 1.11 bits per heavy atom. The highest BCUT2D eigenvalue weighted by molar-refractivity contribution is 5.94. The molecule has 3 aromatic heterocycles. The second-order valence-corrected chi connectivity index (χ2v) is 7.85. The first-order chi connectivity index (χ1) is 17.4. The zero-order valence-electron chi connectivity index (χ0n) is 20.2. The minimum atomic E-state index is -0.941. The van der Waals surface area contributed by atoms with Crippen LogP contribution in [0.2, 0.25) is 0 Å². The molecule has 36 heavy (non-hydrogen) atoms. The normalized spacial score (nSPS) is 12.6. The van der Waals surface area contributed by atoms with Gasteiger partial charge in [0, 0.05) is 19.9 Å². The molecule has 0 radical (unpaired) electrons. The van der Waals surface area contributed by atoms with Crippen molar-refractivity contribution < 1.29 is 23.8 Å². The number of methoxy groups -OCH3 is 1. The Morgan fingerprint density at radius 3 is 2.58 bits per heavy atom. The fourth-order valence-corrected chi connectivity index (χ4v) is 3.70. The standard InChI is InChI=1S/C26H26N4O6/c1-4-35-26(33)20-16-19-22(27-21-12-8-9-13-29(21)25(19)32)30(14-15-34-3)23(20)28-24(31)17(2)36-18-10-6-5-7-11-18/h5-13,16-17H,4,14-15H2,1-3H3/t17-/m1/s1. The van der Waals surface area contributed by atoms with Gasteiger partial charge in [-0.15, -0.1) is 0 Å². The highest BCUT2D eigenvalue weighted by Gasteiger charge is 2.21. The second-order valence-electron chi connectivity index (χ2n) is 7.85.